The van der Waals surface area contributed by atoms with E-state index in [1.807, 2.05) is 0 Å². The van der Waals surface area contributed by atoms with Crippen molar-refractivity contribution in [3.63, 3.8) is 0 Å². The molecule has 3 aromatic heterocycles. The van der Waals surface area contributed by atoms with Crippen molar-refractivity contribution in [3.05, 3.63) is 59.6 Å². The van der Waals surface area contributed by atoms with Crippen LogP contribution in [0.1, 0.15) is 16.8 Å². The summed E-state index contributed by atoms with van der Waals surface area (Å²) in [6.45, 7) is 1.16. The minimum Gasteiger partial charge on any atom is -0.496 e. The predicted molar refractivity (Wildman–Crippen MR) is 132 cm³/mol. The van der Waals surface area contributed by atoms with Crippen LogP contribution in [0.2, 0.25) is 5.02 Å². The van der Waals surface area contributed by atoms with Crippen LogP contribution < -0.4 is 10.1 Å². The number of rotatable bonds is 7. The van der Waals surface area contributed by atoms with Gasteiger partial charge in [-0.2, -0.15) is 10.2 Å². The van der Waals surface area contributed by atoms with Gasteiger partial charge in [0.25, 0.3) is 5.91 Å². The molecular formula is C24H24ClN7O4. The highest BCUT2D eigenvalue weighted by Crippen LogP contribution is 2.36. The van der Waals surface area contributed by atoms with Crippen LogP contribution in [0.5, 0.6) is 5.75 Å². The van der Waals surface area contributed by atoms with E-state index in [-0.39, 0.29) is 18.6 Å². The molecule has 1 N–H and O–H groups in total. The first-order valence-electron chi connectivity index (χ1n) is 11.3. The average molecular weight is 510 g/mol. The molecule has 0 bridgehead atoms. The van der Waals surface area contributed by atoms with Crippen LogP contribution in [0, 0.1) is 0 Å². The van der Waals surface area contributed by atoms with Crippen molar-refractivity contribution in [2.45, 2.75) is 19.1 Å². The first-order chi connectivity index (χ1) is 17.5. The second kappa shape index (κ2) is 9.96. The molecule has 2 amide bonds. The SMILES string of the molecule is COc1ccc(Cl)cc1-c1nn(CC(=O)N2CCC(OC)C2)cc1NC(=O)c1cnn2cccnc12. The van der Waals surface area contributed by atoms with Gasteiger partial charge in [0, 0.05) is 49.4 Å². The fraction of sp³-hybridized carbons (Fsp3) is 0.292. The van der Waals surface area contributed by atoms with Gasteiger partial charge < -0.3 is 19.7 Å². The standard InChI is InChI=1S/C24H24ClN7O4/c1-35-16-6-9-30(12-16)21(33)14-31-13-19(22(29-31)17-10-15(25)4-5-20(17)36-2)28-24(34)18-11-27-32-8-3-7-26-23(18)32/h3-5,7-8,10-11,13,16H,6,9,12,14H2,1-2H3,(H,28,34). The molecule has 1 saturated heterocycles. The number of carbonyl (C=O) groups is 2. The molecule has 1 atom stereocenters. The lowest BCUT2D eigenvalue weighted by molar-refractivity contribution is -0.131. The number of hydrogen-bond acceptors (Lipinski definition) is 7. The zero-order valence-corrected chi connectivity index (χ0v) is 20.5. The van der Waals surface area contributed by atoms with E-state index in [2.05, 4.69) is 20.5 Å². The van der Waals surface area contributed by atoms with Crippen LogP contribution in [0.3, 0.4) is 0 Å². The van der Waals surface area contributed by atoms with Crippen molar-refractivity contribution < 1.29 is 19.1 Å². The number of hydrogen-bond donors (Lipinski definition) is 1. The summed E-state index contributed by atoms with van der Waals surface area (Å²) in [4.78, 5) is 32.1. The van der Waals surface area contributed by atoms with Gasteiger partial charge in [-0.05, 0) is 30.7 Å². The molecule has 36 heavy (non-hydrogen) atoms. The third kappa shape index (κ3) is 4.62. The Balaban J connectivity index is 1.48. The highest BCUT2D eigenvalue weighted by atomic mass is 35.5. The predicted octanol–water partition coefficient (Wildman–Crippen LogP) is 2.75. The van der Waals surface area contributed by atoms with Crippen molar-refractivity contribution in [3.8, 4) is 17.0 Å². The summed E-state index contributed by atoms with van der Waals surface area (Å²) >= 11 is 6.26. The molecule has 1 aliphatic rings. The summed E-state index contributed by atoms with van der Waals surface area (Å²) in [5.41, 5.74) is 2.09. The highest BCUT2D eigenvalue weighted by molar-refractivity contribution is 6.31. The fourth-order valence-electron chi connectivity index (χ4n) is 4.22. The van der Waals surface area contributed by atoms with Crippen LogP contribution in [0.25, 0.3) is 16.9 Å². The Morgan fingerprint density at radius 1 is 1.28 bits per heavy atom. The molecule has 1 aliphatic heterocycles. The fourth-order valence-corrected chi connectivity index (χ4v) is 4.39. The number of amides is 2. The van der Waals surface area contributed by atoms with Crippen molar-refractivity contribution >= 4 is 34.7 Å². The van der Waals surface area contributed by atoms with Crippen molar-refractivity contribution in [2.24, 2.45) is 0 Å². The van der Waals surface area contributed by atoms with Gasteiger partial charge in [0.1, 0.15) is 23.6 Å². The number of anilines is 1. The summed E-state index contributed by atoms with van der Waals surface area (Å²) in [5, 5.41) is 12.2. The summed E-state index contributed by atoms with van der Waals surface area (Å²) in [7, 11) is 3.18. The smallest absolute Gasteiger partial charge is 0.261 e. The number of nitrogens with one attached hydrogen (secondary N) is 1. The molecule has 0 radical (unpaired) electrons. The van der Waals surface area contributed by atoms with Crippen LogP contribution in [0.4, 0.5) is 5.69 Å². The van der Waals surface area contributed by atoms with Gasteiger partial charge in [-0.15, -0.1) is 0 Å². The van der Waals surface area contributed by atoms with E-state index in [9.17, 15) is 9.59 Å². The molecule has 1 fully saturated rings. The van der Waals surface area contributed by atoms with E-state index in [0.717, 1.165) is 6.42 Å². The van der Waals surface area contributed by atoms with E-state index in [0.29, 0.717) is 52.0 Å². The zero-order chi connectivity index (χ0) is 25.2. The van der Waals surface area contributed by atoms with Crippen molar-refractivity contribution in [2.75, 3.05) is 32.6 Å². The largest absolute Gasteiger partial charge is 0.496 e. The number of nitrogens with zero attached hydrogens (tertiary/aromatic N) is 6. The molecule has 4 heterocycles. The van der Waals surface area contributed by atoms with E-state index >= 15 is 0 Å². The number of halogens is 1. The van der Waals surface area contributed by atoms with Crippen LogP contribution in [-0.2, 0) is 16.1 Å². The van der Waals surface area contributed by atoms with Gasteiger partial charge in [-0.3, -0.25) is 14.3 Å². The Morgan fingerprint density at radius 2 is 2.14 bits per heavy atom. The van der Waals surface area contributed by atoms with Crippen LogP contribution in [0.15, 0.2) is 49.1 Å². The Morgan fingerprint density at radius 3 is 2.92 bits per heavy atom. The summed E-state index contributed by atoms with van der Waals surface area (Å²) in [6.07, 6.45) is 7.19. The van der Waals surface area contributed by atoms with Crippen molar-refractivity contribution in [1.82, 2.24) is 29.3 Å². The van der Waals surface area contributed by atoms with E-state index in [1.165, 1.54) is 22.5 Å². The minimum absolute atomic E-state index is 0.000453. The Labute approximate surface area is 211 Å². The molecule has 11 nitrogen and oxygen atoms in total. The van der Waals surface area contributed by atoms with Gasteiger partial charge in [-0.1, -0.05) is 11.6 Å². The maximum Gasteiger partial charge on any atom is 0.261 e. The number of carbonyl (C=O) groups excluding carboxylic acids is 2. The van der Waals surface area contributed by atoms with Gasteiger partial charge in [0.15, 0.2) is 5.65 Å². The first kappa shape index (κ1) is 23.8. The second-order valence-corrected chi connectivity index (χ2v) is 8.76. The maximum atomic E-state index is 13.2. The second-order valence-electron chi connectivity index (χ2n) is 8.32. The van der Waals surface area contributed by atoms with Gasteiger partial charge in [0.2, 0.25) is 5.91 Å². The number of benzene rings is 1. The number of ether oxygens (including phenoxy) is 2. The molecule has 5 rings (SSSR count). The lowest BCUT2D eigenvalue weighted by Crippen LogP contribution is -2.33. The molecular weight excluding hydrogens is 486 g/mol. The van der Waals surface area contributed by atoms with Crippen LogP contribution in [-0.4, -0.2) is 74.5 Å². The normalized spacial score (nSPS) is 15.4. The molecule has 1 aromatic carbocycles. The van der Waals surface area contributed by atoms with Gasteiger partial charge in [-0.25, -0.2) is 9.50 Å². The van der Waals surface area contributed by atoms with Crippen LogP contribution >= 0.6 is 11.6 Å². The molecule has 4 aromatic rings. The van der Waals surface area contributed by atoms with Crippen molar-refractivity contribution in [1.29, 1.82) is 0 Å². The third-order valence-electron chi connectivity index (χ3n) is 6.08. The quantitative estimate of drug-likeness (QED) is 0.407. The highest BCUT2D eigenvalue weighted by Gasteiger charge is 2.27. The summed E-state index contributed by atoms with van der Waals surface area (Å²) in [5.74, 6) is 0.0114. The topological polar surface area (TPSA) is 116 Å². The maximum absolute atomic E-state index is 13.2. The molecule has 0 saturated carbocycles. The lowest BCUT2D eigenvalue weighted by atomic mass is 10.1. The first-order valence-corrected chi connectivity index (χ1v) is 11.7. The number of aromatic nitrogens is 5. The Hall–Kier alpha value is -3.96. The molecule has 0 spiro atoms. The van der Waals surface area contributed by atoms with E-state index in [1.54, 1.807) is 54.9 Å². The van der Waals surface area contributed by atoms with E-state index < -0.39 is 5.91 Å². The average Bonchev–Trinajstić information content (AvgIpc) is 3.62. The summed E-state index contributed by atoms with van der Waals surface area (Å²) in [6, 6.07) is 6.84. The summed E-state index contributed by atoms with van der Waals surface area (Å²) < 4.78 is 13.9. The monoisotopic (exact) mass is 509 g/mol. The van der Waals surface area contributed by atoms with E-state index in [4.69, 9.17) is 21.1 Å². The molecule has 0 aliphatic carbocycles. The molecule has 12 heteroatoms. The number of likely N-dealkylation sites (tertiary alicyclic amines) is 1. The minimum atomic E-state index is -0.417. The Kier molecular flexibility index (Phi) is 6.57. The number of methoxy groups -OCH3 is 2. The van der Waals surface area contributed by atoms with Gasteiger partial charge >= 0.3 is 0 Å². The number of fused-ring (bicyclic) bond motifs is 1. The third-order valence-corrected chi connectivity index (χ3v) is 6.31. The Bertz CT molecular complexity index is 1430. The molecule has 186 valence electrons. The molecule has 1 unspecified atom stereocenters. The zero-order valence-electron chi connectivity index (χ0n) is 19.7. The lowest BCUT2D eigenvalue weighted by Gasteiger charge is -2.16. The van der Waals surface area contributed by atoms with Gasteiger partial charge in [0.05, 0.1) is 25.1 Å².